The van der Waals surface area contributed by atoms with Crippen LogP contribution >= 0.6 is 0 Å². The van der Waals surface area contributed by atoms with Gasteiger partial charge in [-0.3, -0.25) is 0 Å². The van der Waals surface area contributed by atoms with Crippen LogP contribution in [0.2, 0.25) is 0 Å². The molecule has 0 amide bonds. The highest BCUT2D eigenvalue weighted by atomic mass is 15.2. The topological polar surface area (TPSA) is 55.0 Å². The molecule has 1 aromatic heterocycles. The maximum absolute atomic E-state index is 5.72. The largest absolute Gasteiger partial charge is 0.399 e. The first-order valence-corrected chi connectivity index (χ1v) is 5.05. The molecule has 4 heteroatoms. The van der Waals surface area contributed by atoms with Crippen LogP contribution in [-0.2, 0) is 0 Å². The second kappa shape index (κ2) is 4.18. The number of nitrogens with two attached hydrogens (primary N) is 1. The average molecular weight is 214 g/mol. The lowest BCUT2D eigenvalue weighted by atomic mass is 10.1. The quantitative estimate of drug-likeness (QED) is 0.778. The van der Waals surface area contributed by atoms with Crippen LogP contribution in [-0.4, -0.2) is 17.0 Å². The Morgan fingerprint density at radius 2 is 1.88 bits per heavy atom. The van der Waals surface area contributed by atoms with Gasteiger partial charge in [0.25, 0.3) is 0 Å². The summed E-state index contributed by atoms with van der Waals surface area (Å²) in [6, 6.07) is 7.59. The summed E-state index contributed by atoms with van der Waals surface area (Å²) in [5.74, 6) is 0.676. The lowest BCUT2D eigenvalue weighted by Crippen LogP contribution is -2.13. The molecule has 2 N–H and O–H groups in total. The number of anilines is 3. The zero-order valence-corrected chi connectivity index (χ0v) is 9.38. The van der Waals surface area contributed by atoms with E-state index in [1.807, 2.05) is 37.1 Å². The summed E-state index contributed by atoms with van der Waals surface area (Å²) < 4.78 is 0. The fourth-order valence-electron chi connectivity index (χ4n) is 1.63. The number of hydrogen-bond donors (Lipinski definition) is 1. The highest BCUT2D eigenvalue weighted by molar-refractivity contribution is 5.64. The van der Waals surface area contributed by atoms with E-state index in [1.165, 1.54) is 0 Å². The third-order valence-corrected chi connectivity index (χ3v) is 2.43. The van der Waals surface area contributed by atoms with E-state index >= 15 is 0 Å². The Kier molecular flexibility index (Phi) is 2.72. The first kappa shape index (κ1) is 10.4. The lowest BCUT2D eigenvalue weighted by molar-refractivity contribution is 1.04. The van der Waals surface area contributed by atoms with Crippen molar-refractivity contribution in [3.8, 4) is 0 Å². The number of aromatic nitrogens is 2. The van der Waals surface area contributed by atoms with Gasteiger partial charge in [0.15, 0.2) is 0 Å². The maximum Gasteiger partial charge on any atom is 0.229 e. The summed E-state index contributed by atoms with van der Waals surface area (Å²) in [6.07, 6.45) is 3.46. The number of hydrogen-bond acceptors (Lipinski definition) is 4. The van der Waals surface area contributed by atoms with E-state index < -0.39 is 0 Å². The molecule has 1 aromatic carbocycles. The number of nitrogen functional groups attached to an aromatic ring is 1. The maximum atomic E-state index is 5.72. The number of benzene rings is 1. The molecule has 0 spiro atoms. The molecule has 0 radical (unpaired) electrons. The van der Waals surface area contributed by atoms with Gasteiger partial charge in [-0.2, -0.15) is 0 Å². The van der Waals surface area contributed by atoms with Crippen LogP contribution < -0.4 is 10.6 Å². The second-order valence-corrected chi connectivity index (χ2v) is 3.65. The number of nitrogens with zero attached hydrogens (tertiary/aromatic N) is 3. The molecule has 0 aliphatic carbocycles. The summed E-state index contributed by atoms with van der Waals surface area (Å²) in [6.45, 7) is 2.02. The van der Waals surface area contributed by atoms with E-state index in [2.05, 4.69) is 9.97 Å². The van der Waals surface area contributed by atoms with Crippen LogP contribution in [0.1, 0.15) is 5.56 Å². The van der Waals surface area contributed by atoms with Gasteiger partial charge < -0.3 is 10.6 Å². The fraction of sp³-hybridized carbons (Fsp3) is 0.167. The zero-order chi connectivity index (χ0) is 11.5. The van der Waals surface area contributed by atoms with E-state index in [4.69, 9.17) is 5.73 Å². The van der Waals surface area contributed by atoms with Gasteiger partial charge in [0.2, 0.25) is 5.95 Å². The van der Waals surface area contributed by atoms with Crippen molar-refractivity contribution in [3.05, 3.63) is 42.2 Å². The monoisotopic (exact) mass is 214 g/mol. The predicted octanol–water partition coefficient (Wildman–Crippen LogP) is 2.14. The molecule has 0 saturated heterocycles. The Bertz CT molecular complexity index is 482. The van der Waals surface area contributed by atoms with Gasteiger partial charge in [-0.25, -0.2) is 9.97 Å². The van der Waals surface area contributed by atoms with Crippen LogP contribution in [0.15, 0.2) is 36.7 Å². The number of aryl methyl sites for hydroxylation is 1. The van der Waals surface area contributed by atoms with Gasteiger partial charge in [0.1, 0.15) is 0 Å². The molecule has 0 fully saturated rings. The van der Waals surface area contributed by atoms with Gasteiger partial charge in [-0.15, -0.1) is 0 Å². The van der Waals surface area contributed by atoms with E-state index in [1.54, 1.807) is 18.5 Å². The summed E-state index contributed by atoms with van der Waals surface area (Å²) >= 11 is 0. The summed E-state index contributed by atoms with van der Waals surface area (Å²) in [4.78, 5) is 10.3. The molecular weight excluding hydrogens is 200 g/mol. The summed E-state index contributed by atoms with van der Waals surface area (Å²) in [7, 11) is 1.94. The Morgan fingerprint density at radius 1 is 1.19 bits per heavy atom. The van der Waals surface area contributed by atoms with Crippen molar-refractivity contribution in [2.75, 3.05) is 17.7 Å². The molecule has 4 nitrogen and oxygen atoms in total. The first-order chi connectivity index (χ1) is 7.68. The minimum absolute atomic E-state index is 0.676. The third-order valence-electron chi connectivity index (χ3n) is 2.43. The van der Waals surface area contributed by atoms with Crippen molar-refractivity contribution in [2.24, 2.45) is 0 Å². The van der Waals surface area contributed by atoms with Crippen LogP contribution in [0.5, 0.6) is 0 Å². The molecule has 16 heavy (non-hydrogen) atoms. The van der Waals surface area contributed by atoms with Gasteiger partial charge in [0.05, 0.1) is 0 Å². The van der Waals surface area contributed by atoms with Crippen LogP contribution in [0.3, 0.4) is 0 Å². The summed E-state index contributed by atoms with van der Waals surface area (Å²) in [5, 5.41) is 0. The Morgan fingerprint density at radius 3 is 2.50 bits per heavy atom. The van der Waals surface area contributed by atoms with Crippen LogP contribution in [0.25, 0.3) is 0 Å². The minimum Gasteiger partial charge on any atom is -0.399 e. The summed E-state index contributed by atoms with van der Waals surface area (Å²) in [5.41, 5.74) is 8.65. The van der Waals surface area contributed by atoms with Crippen LogP contribution in [0, 0.1) is 6.92 Å². The highest BCUT2D eigenvalue weighted by Crippen LogP contribution is 2.25. The molecule has 1 heterocycles. The SMILES string of the molecule is Cc1cc(N)ccc1N(C)c1ncccn1. The van der Waals surface area contributed by atoms with Crippen molar-refractivity contribution in [3.63, 3.8) is 0 Å². The average Bonchev–Trinajstić information content (AvgIpc) is 2.29. The third kappa shape index (κ3) is 1.95. The van der Waals surface area contributed by atoms with Gasteiger partial charge in [-0.1, -0.05) is 0 Å². The molecule has 82 valence electrons. The smallest absolute Gasteiger partial charge is 0.229 e. The van der Waals surface area contributed by atoms with E-state index in [-0.39, 0.29) is 0 Å². The molecule has 0 unspecified atom stereocenters. The van der Waals surface area contributed by atoms with Gasteiger partial charge >= 0.3 is 0 Å². The van der Waals surface area contributed by atoms with Gasteiger partial charge in [-0.05, 0) is 36.8 Å². The van der Waals surface area contributed by atoms with Crippen molar-refractivity contribution in [2.45, 2.75) is 6.92 Å². The molecular formula is C12H14N4. The van der Waals surface area contributed by atoms with E-state index in [0.717, 1.165) is 16.9 Å². The lowest BCUT2D eigenvalue weighted by Gasteiger charge is -2.19. The minimum atomic E-state index is 0.676. The first-order valence-electron chi connectivity index (χ1n) is 5.05. The molecule has 0 saturated carbocycles. The Hall–Kier alpha value is -2.10. The van der Waals surface area contributed by atoms with E-state index in [9.17, 15) is 0 Å². The predicted molar refractivity (Wildman–Crippen MR) is 65.7 cm³/mol. The van der Waals surface area contributed by atoms with Crippen molar-refractivity contribution in [1.29, 1.82) is 0 Å². The second-order valence-electron chi connectivity index (χ2n) is 3.65. The van der Waals surface area contributed by atoms with Crippen molar-refractivity contribution < 1.29 is 0 Å². The van der Waals surface area contributed by atoms with E-state index in [0.29, 0.717) is 5.95 Å². The molecule has 0 aliphatic heterocycles. The van der Waals surface area contributed by atoms with Crippen molar-refractivity contribution >= 4 is 17.3 Å². The zero-order valence-electron chi connectivity index (χ0n) is 9.38. The highest BCUT2D eigenvalue weighted by Gasteiger charge is 2.08. The molecule has 2 aromatic rings. The Balaban J connectivity index is 2.38. The molecule has 0 atom stereocenters. The van der Waals surface area contributed by atoms with Crippen LogP contribution in [0.4, 0.5) is 17.3 Å². The standard InChI is InChI=1S/C12H14N4/c1-9-8-10(13)4-5-11(9)16(2)12-14-6-3-7-15-12/h3-8H,13H2,1-2H3. The fourth-order valence-corrected chi connectivity index (χ4v) is 1.63. The van der Waals surface area contributed by atoms with Gasteiger partial charge in [0, 0.05) is 30.8 Å². The van der Waals surface area contributed by atoms with Crippen molar-refractivity contribution in [1.82, 2.24) is 9.97 Å². The molecule has 0 aliphatic rings. The Labute approximate surface area is 94.8 Å². The normalized spacial score (nSPS) is 10.1. The molecule has 0 bridgehead atoms. The molecule has 2 rings (SSSR count). The number of rotatable bonds is 2.